The van der Waals surface area contributed by atoms with Crippen LogP contribution in [0, 0.1) is 0 Å². The average Bonchev–Trinajstić information content (AvgIpc) is 2.88. The molecule has 0 aliphatic carbocycles. The molecule has 0 fully saturated rings. The number of nitrogens with zero attached hydrogens (tertiary/aromatic N) is 1. The lowest BCUT2D eigenvalue weighted by Gasteiger charge is -2.01. The van der Waals surface area contributed by atoms with E-state index in [0.29, 0.717) is 21.1 Å². The Morgan fingerprint density at radius 2 is 2.00 bits per heavy atom. The van der Waals surface area contributed by atoms with Crippen molar-refractivity contribution in [3.8, 4) is 5.75 Å². The van der Waals surface area contributed by atoms with Gasteiger partial charge in [-0.05, 0) is 42.5 Å². The molecule has 2 aromatic carbocycles. The average molecular weight is 320 g/mol. The van der Waals surface area contributed by atoms with Crippen molar-refractivity contribution in [3.05, 3.63) is 48.0 Å². The predicted octanol–water partition coefficient (Wildman–Crippen LogP) is 4.23. The molecular formula is C14H9FN2O2S2. The van der Waals surface area contributed by atoms with Crippen LogP contribution in [0.15, 0.2) is 47.4 Å². The van der Waals surface area contributed by atoms with Crippen LogP contribution in [0.25, 0.3) is 10.2 Å². The first-order valence-corrected chi connectivity index (χ1v) is 7.48. The highest BCUT2D eigenvalue weighted by molar-refractivity contribution is 7.94. The van der Waals surface area contributed by atoms with Crippen molar-refractivity contribution < 1.29 is 13.8 Å². The van der Waals surface area contributed by atoms with Crippen molar-refractivity contribution in [2.75, 3.05) is 5.32 Å². The molecule has 4 nitrogen and oxygen atoms in total. The van der Waals surface area contributed by atoms with Gasteiger partial charge in [0.2, 0.25) is 0 Å². The highest BCUT2D eigenvalue weighted by Crippen LogP contribution is 2.29. The van der Waals surface area contributed by atoms with Crippen LogP contribution in [0.4, 0.5) is 9.02 Å². The van der Waals surface area contributed by atoms with Crippen molar-refractivity contribution in [1.29, 1.82) is 0 Å². The Labute approximate surface area is 127 Å². The maximum atomic E-state index is 12.3. The summed E-state index contributed by atoms with van der Waals surface area (Å²) in [7, 11) is 0. The zero-order valence-corrected chi connectivity index (χ0v) is 12.2. The van der Waals surface area contributed by atoms with Gasteiger partial charge >= 0.3 is 0 Å². The summed E-state index contributed by atoms with van der Waals surface area (Å²) in [6, 6.07) is 11.0. The van der Waals surface area contributed by atoms with Gasteiger partial charge in [0.25, 0.3) is 5.91 Å². The number of phenols is 1. The maximum absolute atomic E-state index is 12.3. The third-order valence-electron chi connectivity index (χ3n) is 2.80. The molecule has 0 radical (unpaired) electrons. The van der Waals surface area contributed by atoms with Crippen molar-refractivity contribution in [2.45, 2.75) is 4.90 Å². The van der Waals surface area contributed by atoms with Crippen LogP contribution in [0.2, 0.25) is 0 Å². The minimum atomic E-state index is -0.311. The van der Waals surface area contributed by atoms with Gasteiger partial charge in [-0.25, -0.2) is 4.98 Å². The Morgan fingerprint density at radius 3 is 2.71 bits per heavy atom. The van der Waals surface area contributed by atoms with E-state index in [-0.39, 0.29) is 23.8 Å². The van der Waals surface area contributed by atoms with Crippen LogP contribution < -0.4 is 5.32 Å². The molecule has 0 unspecified atom stereocenters. The van der Waals surface area contributed by atoms with Crippen molar-refractivity contribution in [1.82, 2.24) is 4.98 Å². The number of carbonyl (C=O) groups excluding carboxylic acids is 1. The number of fused-ring (bicyclic) bond motifs is 1. The number of thiazole rings is 1. The Hall–Kier alpha value is -2.12. The number of phenolic OH excluding ortho intramolecular Hbond substituents is 1. The first-order valence-electron chi connectivity index (χ1n) is 5.95. The smallest absolute Gasteiger partial charge is 0.257 e. The van der Waals surface area contributed by atoms with E-state index in [1.54, 1.807) is 30.3 Å². The second kappa shape index (κ2) is 5.71. The van der Waals surface area contributed by atoms with E-state index in [1.165, 1.54) is 23.5 Å². The number of nitrogens with one attached hydrogen (secondary N) is 1. The fourth-order valence-electron chi connectivity index (χ4n) is 1.79. The SMILES string of the molecule is O=C(Nc1nc2ccc(O)cc2s1)c1ccc(SF)cc1. The highest BCUT2D eigenvalue weighted by Gasteiger charge is 2.10. The minimum absolute atomic E-state index is 0.132. The van der Waals surface area contributed by atoms with Gasteiger partial charge in [0.15, 0.2) is 5.13 Å². The molecule has 0 saturated heterocycles. The number of amides is 1. The molecular weight excluding hydrogens is 311 g/mol. The lowest BCUT2D eigenvalue weighted by molar-refractivity contribution is 0.102. The third kappa shape index (κ3) is 2.98. The van der Waals surface area contributed by atoms with E-state index in [9.17, 15) is 13.8 Å². The van der Waals surface area contributed by atoms with Crippen LogP contribution in [0.5, 0.6) is 5.75 Å². The first-order chi connectivity index (χ1) is 10.2. The van der Waals surface area contributed by atoms with Gasteiger partial charge < -0.3 is 5.11 Å². The second-order valence-corrected chi connectivity index (χ2v) is 5.88. The molecule has 0 aliphatic heterocycles. The van der Waals surface area contributed by atoms with Gasteiger partial charge in [-0.2, -0.15) is 3.89 Å². The summed E-state index contributed by atoms with van der Waals surface area (Å²) in [5, 5.41) is 12.5. The topological polar surface area (TPSA) is 62.2 Å². The molecule has 0 bridgehead atoms. The largest absolute Gasteiger partial charge is 0.508 e. The number of carbonyl (C=O) groups is 1. The number of aromatic nitrogens is 1. The summed E-state index contributed by atoms with van der Waals surface area (Å²) >= 11 is 1.41. The summed E-state index contributed by atoms with van der Waals surface area (Å²) in [6.07, 6.45) is 0. The van der Waals surface area contributed by atoms with Crippen LogP contribution in [0.3, 0.4) is 0 Å². The summed E-state index contributed by atoms with van der Waals surface area (Å²) in [4.78, 5) is 16.8. The summed E-state index contributed by atoms with van der Waals surface area (Å²) in [5.74, 6) is -0.156. The Balaban J connectivity index is 1.81. The molecule has 0 atom stereocenters. The quantitative estimate of drug-likeness (QED) is 0.758. The molecule has 2 N–H and O–H groups in total. The van der Waals surface area contributed by atoms with Gasteiger partial charge in [-0.15, -0.1) is 0 Å². The van der Waals surface area contributed by atoms with E-state index < -0.39 is 0 Å². The van der Waals surface area contributed by atoms with Gasteiger partial charge in [0, 0.05) is 10.5 Å². The lowest BCUT2D eigenvalue weighted by Crippen LogP contribution is -2.11. The minimum Gasteiger partial charge on any atom is -0.508 e. The first kappa shape index (κ1) is 13.8. The van der Waals surface area contributed by atoms with E-state index in [0.717, 1.165) is 4.70 Å². The molecule has 3 rings (SSSR count). The summed E-state index contributed by atoms with van der Waals surface area (Å²) in [5.41, 5.74) is 1.13. The maximum Gasteiger partial charge on any atom is 0.257 e. The Morgan fingerprint density at radius 1 is 1.24 bits per heavy atom. The van der Waals surface area contributed by atoms with E-state index >= 15 is 0 Å². The number of benzene rings is 2. The predicted molar refractivity (Wildman–Crippen MR) is 82.6 cm³/mol. The van der Waals surface area contributed by atoms with Crippen LogP contribution in [0.1, 0.15) is 10.4 Å². The van der Waals surface area contributed by atoms with Crippen LogP contribution >= 0.6 is 23.5 Å². The molecule has 0 aliphatic rings. The molecule has 1 amide bonds. The molecule has 106 valence electrons. The van der Waals surface area contributed by atoms with Crippen LogP contribution in [-0.2, 0) is 0 Å². The van der Waals surface area contributed by atoms with E-state index in [4.69, 9.17) is 0 Å². The fourth-order valence-corrected chi connectivity index (χ4v) is 2.93. The van der Waals surface area contributed by atoms with E-state index in [1.807, 2.05) is 0 Å². The fraction of sp³-hybridized carbons (Fsp3) is 0. The van der Waals surface area contributed by atoms with Gasteiger partial charge in [-0.3, -0.25) is 10.1 Å². The third-order valence-corrected chi connectivity index (χ3v) is 4.18. The van der Waals surface area contributed by atoms with Crippen molar-refractivity contribution in [3.63, 3.8) is 0 Å². The summed E-state index contributed by atoms with van der Waals surface area (Å²) < 4.78 is 13.1. The number of halogens is 1. The highest BCUT2D eigenvalue weighted by atomic mass is 32.2. The van der Waals surface area contributed by atoms with Crippen LogP contribution in [-0.4, -0.2) is 16.0 Å². The molecule has 21 heavy (non-hydrogen) atoms. The monoisotopic (exact) mass is 320 g/mol. The van der Waals surface area contributed by atoms with E-state index in [2.05, 4.69) is 10.3 Å². The molecule has 7 heteroatoms. The summed E-state index contributed by atoms with van der Waals surface area (Å²) in [6.45, 7) is 0. The normalized spacial score (nSPS) is 10.7. The Kier molecular flexibility index (Phi) is 3.76. The zero-order valence-electron chi connectivity index (χ0n) is 10.5. The van der Waals surface area contributed by atoms with Gasteiger partial charge in [0.1, 0.15) is 5.75 Å². The molecule has 1 aromatic heterocycles. The molecule has 0 spiro atoms. The van der Waals surface area contributed by atoms with Gasteiger partial charge in [0.05, 0.1) is 22.4 Å². The number of rotatable bonds is 3. The molecule has 3 aromatic rings. The lowest BCUT2D eigenvalue weighted by atomic mass is 10.2. The number of hydrogen-bond acceptors (Lipinski definition) is 5. The zero-order chi connectivity index (χ0) is 14.8. The number of aromatic hydroxyl groups is 1. The Bertz CT molecular complexity index is 802. The second-order valence-electron chi connectivity index (χ2n) is 4.23. The van der Waals surface area contributed by atoms with Crippen molar-refractivity contribution in [2.24, 2.45) is 0 Å². The van der Waals surface area contributed by atoms with Crippen molar-refractivity contribution >= 4 is 44.7 Å². The number of hydrogen-bond donors (Lipinski definition) is 2. The number of anilines is 1. The molecule has 0 saturated carbocycles. The standard InChI is InChI=1S/C14H9FN2O2S2/c15-21-10-4-1-8(2-5-10)13(19)17-14-16-11-6-3-9(18)7-12(11)20-14/h1-7,18H,(H,16,17,19). The van der Waals surface area contributed by atoms with Gasteiger partial charge in [-0.1, -0.05) is 11.3 Å². The molecule has 1 heterocycles.